The first-order chi connectivity index (χ1) is 7.93. The smallest absolute Gasteiger partial charge is 0.155 e. The van der Waals surface area contributed by atoms with Gasteiger partial charge < -0.3 is 5.32 Å². The van der Waals surface area contributed by atoms with E-state index in [-0.39, 0.29) is 0 Å². The zero-order valence-electron chi connectivity index (χ0n) is 8.87. The number of aromatic nitrogens is 4. The summed E-state index contributed by atoms with van der Waals surface area (Å²) < 4.78 is 1.66. The molecule has 0 spiro atoms. The molecule has 1 atom stereocenters. The Labute approximate surface area is 93.5 Å². The van der Waals surface area contributed by atoms with Crippen LogP contribution >= 0.6 is 0 Å². The van der Waals surface area contributed by atoms with E-state index < -0.39 is 0 Å². The van der Waals surface area contributed by atoms with Crippen LogP contribution in [0, 0.1) is 0 Å². The molecule has 82 valence electrons. The Balaban J connectivity index is 1.84. The van der Waals surface area contributed by atoms with Gasteiger partial charge in [0.1, 0.15) is 12.7 Å². The van der Waals surface area contributed by atoms with Crippen molar-refractivity contribution in [3.8, 4) is 5.82 Å². The average Bonchev–Trinajstić information content (AvgIpc) is 3.03. The highest BCUT2D eigenvalue weighted by Crippen LogP contribution is 2.22. The van der Waals surface area contributed by atoms with Crippen LogP contribution < -0.4 is 5.32 Å². The van der Waals surface area contributed by atoms with Gasteiger partial charge in [-0.25, -0.2) is 14.6 Å². The van der Waals surface area contributed by atoms with Crippen LogP contribution in [0.15, 0.2) is 31.0 Å². The normalized spacial score (nSPS) is 20.1. The Kier molecular flexibility index (Phi) is 2.38. The molecule has 1 unspecified atom stereocenters. The standard InChI is InChI=1S/C11H13N5/c1-2-10(13-5-1)9-3-4-11(14-6-9)16-8-12-7-15-16/h3-4,6-8,10,13H,1-2,5H2. The molecule has 0 saturated carbocycles. The van der Waals surface area contributed by atoms with Crippen LogP contribution in [0.2, 0.25) is 0 Å². The van der Waals surface area contributed by atoms with Crippen molar-refractivity contribution in [2.75, 3.05) is 6.54 Å². The highest BCUT2D eigenvalue weighted by atomic mass is 15.3. The van der Waals surface area contributed by atoms with E-state index in [9.17, 15) is 0 Å². The summed E-state index contributed by atoms with van der Waals surface area (Å²) in [5.41, 5.74) is 1.25. The second-order valence-electron chi connectivity index (χ2n) is 3.94. The first kappa shape index (κ1) is 9.47. The van der Waals surface area contributed by atoms with Gasteiger partial charge in [0.25, 0.3) is 0 Å². The maximum absolute atomic E-state index is 4.39. The van der Waals surface area contributed by atoms with Crippen molar-refractivity contribution in [2.24, 2.45) is 0 Å². The quantitative estimate of drug-likeness (QED) is 0.814. The van der Waals surface area contributed by atoms with Crippen molar-refractivity contribution in [3.63, 3.8) is 0 Å². The van der Waals surface area contributed by atoms with E-state index in [4.69, 9.17) is 0 Å². The lowest BCUT2D eigenvalue weighted by atomic mass is 10.1. The molecule has 1 aliphatic rings. The molecule has 1 saturated heterocycles. The predicted molar refractivity (Wildman–Crippen MR) is 59.1 cm³/mol. The first-order valence-corrected chi connectivity index (χ1v) is 5.48. The fourth-order valence-electron chi connectivity index (χ4n) is 2.03. The molecule has 5 nitrogen and oxygen atoms in total. The Hall–Kier alpha value is -1.75. The van der Waals surface area contributed by atoms with Crippen molar-refractivity contribution >= 4 is 0 Å². The van der Waals surface area contributed by atoms with Crippen molar-refractivity contribution in [3.05, 3.63) is 36.5 Å². The number of rotatable bonds is 2. The largest absolute Gasteiger partial charge is 0.310 e. The Morgan fingerprint density at radius 1 is 1.38 bits per heavy atom. The van der Waals surface area contributed by atoms with E-state index in [1.807, 2.05) is 12.3 Å². The molecular weight excluding hydrogens is 202 g/mol. The molecule has 1 fully saturated rings. The summed E-state index contributed by atoms with van der Waals surface area (Å²) >= 11 is 0. The lowest BCUT2D eigenvalue weighted by Gasteiger charge is -2.10. The third kappa shape index (κ3) is 1.69. The molecule has 2 aromatic heterocycles. The molecular formula is C11H13N5. The Morgan fingerprint density at radius 2 is 2.38 bits per heavy atom. The van der Waals surface area contributed by atoms with E-state index in [1.165, 1.54) is 24.7 Å². The zero-order valence-corrected chi connectivity index (χ0v) is 8.87. The molecule has 3 heterocycles. The third-order valence-corrected chi connectivity index (χ3v) is 2.89. The summed E-state index contributed by atoms with van der Waals surface area (Å²) in [5.74, 6) is 0.805. The van der Waals surface area contributed by atoms with Crippen LogP contribution in [0.1, 0.15) is 24.4 Å². The Morgan fingerprint density at radius 3 is 3.00 bits per heavy atom. The number of nitrogens with zero attached hydrogens (tertiary/aromatic N) is 4. The third-order valence-electron chi connectivity index (χ3n) is 2.89. The monoisotopic (exact) mass is 215 g/mol. The van der Waals surface area contributed by atoms with Gasteiger partial charge in [-0.2, -0.15) is 5.10 Å². The highest BCUT2D eigenvalue weighted by molar-refractivity contribution is 5.26. The summed E-state index contributed by atoms with van der Waals surface area (Å²) in [6.07, 6.45) is 7.52. The molecule has 1 N–H and O–H groups in total. The van der Waals surface area contributed by atoms with E-state index in [2.05, 4.69) is 26.4 Å². The van der Waals surface area contributed by atoms with E-state index in [0.29, 0.717) is 6.04 Å². The summed E-state index contributed by atoms with van der Waals surface area (Å²) in [6.45, 7) is 1.11. The first-order valence-electron chi connectivity index (χ1n) is 5.48. The van der Waals surface area contributed by atoms with Crippen LogP contribution in [0.3, 0.4) is 0 Å². The van der Waals surface area contributed by atoms with Crippen molar-refractivity contribution in [1.82, 2.24) is 25.1 Å². The molecule has 3 rings (SSSR count). The number of hydrogen-bond acceptors (Lipinski definition) is 4. The van der Waals surface area contributed by atoms with Crippen LogP contribution in [0.4, 0.5) is 0 Å². The molecule has 0 radical (unpaired) electrons. The van der Waals surface area contributed by atoms with Crippen LogP contribution in [-0.4, -0.2) is 26.3 Å². The Bertz CT molecular complexity index is 442. The SMILES string of the molecule is c1ncn(-c2ccc(C3CCCN3)cn2)n1. The molecule has 16 heavy (non-hydrogen) atoms. The topological polar surface area (TPSA) is 55.6 Å². The van der Waals surface area contributed by atoms with Gasteiger partial charge >= 0.3 is 0 Å². The van der Waals surface area contributed by atoms with Gasteiger partial charge in [0.05, 0.1) is 0 Å². The zero-order chi connectivity index (χ0) is 10.8. The molecule has 0 amide bonds. The molecule has 0 bridgehead atoms. The van der Waals surface area contributed by atoms with Crippen molar-refractivity contribution < 1.29 is 0 Å². The molecule has 5 heteroatoms. The van der Waals surface area contributed by atoms with Crippen LogP contribution in [0.25, 0.3) is 5.82 Å². The fourth-order valence-corrected chi connectivity index (χ4v) is 2.03. The minimum absolute atomic E-state index is 0.470. The van der Waals surface area contributed by atoms with E-state index >= 15 is 0 Å². The molecule has 0 aromatic carbocycles. The molecule has 2 aromatic rings. The lowest BCUT2D eigenvalue weighted by Crippen LogP contribution is -2.13. The predicted octanol–water partition coefficient (Wildman–Crippen LogP) is 1.09. The van der Waals surface area contributed by atoms with Gasteiger partial charge in [0.15, 0.2) is 5.82 Å². The van der Waals surface area contributed by atoms with Crippen LogP contribution in [-0.2, 0) is 0 Å². The number of hydrogen-bond donors (Lipinski definition) is 1. The molecule has 0 aliphatic carbocycles. The highest BCUT2D eigenvalue weighted by Gasteiger charge is 2.16. The summed E-state index contributed by atoms with van der Waals surface area (Å²) in [6, 6.07) is 4.55. The van der Waals surface area contributed by atoms with Gasteiger partial charge in [-0.1, -0.05) is 6.07 Å². The summed E-state index contributed by atoms with van der Waals surface area (Å²) in [4.78, 5) is 8.28. The van der Waals surface area contributed by atoms with Gasteiger partial charge in [-0.15, -0.1) is 0 Å². The average molecular weight is 215 g/mol. The van der Waals surface area contributed by atoms with Gasteiger partial charge in [-0.05, 0) is 31.0 Å². The van der Waals surface area contributed by atoms with Gasteiger partial charge in [0.2, 0.25) is 0 Å². The second kappa shape index (κ2) is 4.02. The molecule has 1 aliphatic heterocycles. The minimum atomic E-state index is 0.470. The maximum atomic E-state index is 4.39. The van der Waals surface area contributed by atoms with E-state index in [0.717, 1.165) is 12.4 Å². The summed E-state index contributed by atoms with van der Waals surface area (Å²) in [7, 11) is 0. The summed E-state index contributed by atoms with van der Waals surface area (Å²) in [5, 5.41) is 7.49. The number of nitrogens with one attached hydrogen (secondary N) is 1. The number of pyridine rings is 1. The lowest BCUT2D eigenvalue weighted by molar-refractivity contribution is 0.644. The van der Waals surface area contributed by atoms with E-state index in [1.54, 1.807) is 11.0 Å². The maximum Gasteiger partial charge on any atom is 0.155 e. The van der Waals surface area contributed by atoms with Crippen molar-refractivity contribution in [1.29, 1.82) is 0 Å². The van der Waals surface area contributed by atoms with Gasteiger partial charge in [-0.3, -0.25) is 0 Å². The minimum Gasteiger partial charge on any atom is -0.310 e. The fraction of sp³-hybridized carbons (Fsp3) is 0.364. The van der Waals surface area contributed by atoms with Crippen molar-refractivity contribution in [2.45, 2.75) is 18.9 Å². The van der Waals surface area contributed by atoms with Crippen LogP contribution in [0.5, 0.6) is 0 Å². The van der Waals surface area contributed by atoms with Gasteiger partial charge in [0, 0.05) is 12.2 Å². The second-order valence-corrected chi connectivity index (χ2v) is 3.94.